The Labute approximate surface area is 232 Å². The SMILES string of the molecule is CC[C@@H](C)NC(=O)[C@@H](Cc1ccccc1)N(Cc1ccc(Cl)cc1Cl)C(=O)CSCc1ccccc1F. The van der Waals surface area contributed by atoms with Crippen LogP contribution in [-0.2, 0) is 28.3 Å². The van der Waals surface area contributed by atoms with Crippen molar-refractivity contribution in [2.45, 2.75) is 51.1 Å². The Balaban J connectivity index is 1.89. The van der Waals surface area contributed by atoms with E-state index in [2.05, 4.69) is 5.32 Å². The van der Waals surface area contributed by atoms with Crippen LogP contribution in [0.15, 0.2) is 72.8 Å². The van der Waals surface area contributed by atoms with Gasteiger partial charge in [-0.15, -0.1) is 11.8 Å². The highest BCUT2D eigenvalue weighted by molar-refractivity contribution is 7.99. The molecule has 0 fully saturated rings. The molecule has 0 radical (unpaired) electrons. The molecular formula is C29H31Cl2FN2O2S. The van der Waals surface area contributed by atoms with Gasteiger partial charge in [0.05, 0.1) is 5.75 Å². The first-order valence-electron chi connectivity index (χ1n) is 12.2. The third-order valence-corrected chi connectivity index (χ3v) is 7.62. The van der Waals surface area contributed by atoms with Gasteiger partial charge in [-0.05, 0) is 48.2 Å². The van der Waals surface area contributed by atoms with E-state index >= 15 is 0 Å². The Hall–Kier alpha value is -2.54. The number of hydrogen-bond acceptors (Lipinski definition) is 3. The van der Waals surface area contributed by atoms with Crippen LogP contribution in [0.25, 0.3) is 0 Å². The molecule has 0 aliphatic heterocycles. The van der Waals surface area contributed by atoms with E-state index in [0.717, 1.165) is 12.0 Å². The van der Waals surface area contributed by atoms with Gasteiger partial charge in [-0.1, -0.05) is 84.7 Å². The van der Waals surface area contributed by atoms with E-state index in [9.17, 15) is 14.0 Å². The van der Waals surface area contributed by atoms with Gasteiger partial charge in [0, 0.05) is 34.8 Å². The van der Waals surface area contributed by atoms with Crippen molar-refractivity contribution in [1.82, 2.24) is 10.2 Å². The molecule has 196 valence electrons. The zero-order chi connectivity index (χ0) is 26.8. The van der Waals surface area contributed by atoms with Crippen LogP contribution >= 0.6 is 35.0 Å². The molecule has 1 N–H and O–H groups in total. The maximum atomic E-state index is 14.1. The topological polar surface area (TPSA) is 49.4 Å². The average molecular weight is 562 g/mol. The second-order valence-corrected chi connectivity index (χ2v) is 10.7. The summed E-state index contributed by atoms with van der Waals surface area (Å²) in [6.07, 6.45) is 1.11. The summed E-state index contributed by atoms with van der Waals surface area (Å²) in [5.74, 6) is -0.330. The van der Waals surface area contributed by atoms with Crippen LogP contribution in [0.1, 0.15) is 37.0 Å². The Morgan fingerprint density at radius 3 is 2.38 bits per heavy atom. The van der Waals surface area contributed by atoms with Gasteiger partial charge in [0.2, 0.25) is 11.8 Å². The summed E-state index contributed by atoms with van der Waals surface area (Å²) in [6.45, 7) is 4.07. The van der Waals surface area contributed by atoms with Crippen LogP contribution in [0.2, 0.25) is 10.0 Å². The van der Waals surface area contributed by atoms with Crippen LogP contribution in [0.5, 0.6) is 0 Å². The smallest absolute Gasteiger partial charge is 0.243 e. The highest BCUT2D eigenvalue weighted by Gasteiger charge is 2.31. The van der Waals surface area contributed by atoms with Crippen LogP contribution in [0.3, 0.4) is 0 Å². The number of nitrogens with zero attached hydrogens (tertiary/aromatic N) is 1. The fraction of sp³-hybridized carbons (Fsp3) is 0.310. The minimum atomic E-state index is -0.760. The van der Waals surface area contributed by atoms with Crippen molar-refractivity contribution in [3.05, 3.63) is 105 Å². The lowest BCUT2D eigenvalue weighted by molar-refractivity contribution is -0.139. The first-order valence-corrected chi connectivity index (χ1v) is 14.1. The molecule has 3 aromatic rings. The summed E-state index contributed by atoms with van der Waals surface area (Å²) in [7, 11) is 0. The fourth-order valence-electron chi connectivity index (χ4n) is 3.78. The van der Waals surface area contributed by atoms with E-state index < -0.39 is 6.04 Å². The molecule has 0 heterocycles. The molecule has 8 heteroatoms. The van der Waals surface area contributed by atoms with Crippen molar-refractivity contribution in [2.24, 2.45) is 0 Å². The van der Waals surface area contributed by atoms with Crippen LogP contribution in [0, 0.1) is 5.82 Å². The van der Waals surface area contributed by atoms with E-state index in [-0.39, 0.29) is 36.0 Å². The molecule has 0 unspecified atom stereocenters. The minimum absolute atomic E-state index is 0.0442. The quantitative estimate of drug-likeness (QED) is 0.261. The van der Waals surface area contributed by atoms with Crippen molar-refractivity contribution in [2.75, 3.05) is 5.75 Å². The molecule has 0 saturated carbocycles. The summed E-state index contributed by atoms with van der Waals surface area (Å²) in [6, 6.07) is 20.4. The van der Waals surface area contributed by atoms with Gasteiger partial charge in [-0.2, -0.15) is 0 Å². The molecule has 2 amide bonds. The number of carbonyl (C=O) groups excluding carboxylic acids is 2. The highest BCUT2D eigenvalue weighted by atomic mass is 35.5. The number of rotatable bonds is 12. The maximum absolute atomic E-state index is 14.1. The zero-order valence-electron chi connectivity index (χ0n) is 20.9. The first-order chi connectivity index (χ1) is 17.8. The third kappa shape index (κ3) is 8.77. The van der Waals surface area contributed by atoms with E-state index in [1.807, 2.05) is 44.2 Å². The number of halogens is 3. The molecule has 3 aromatic carbocycles. The molecule has 2 atom stereocenters. The van der Waals surface area contributed by atoms with Crippen molar-refractivity contribution < 1.29 is 14.0 Å². The second-order valence-electron chi connectivity index (χ2n) is 8.86. The molecule has 0 aliphatic carbocycles. The van der Waals surface area contributed by atoms with Crippen LogP contribution in [0.4, 0.5) is 4.39 Å². The molecule has 0 saturated heterocycles. The first kappa shape index (κ1) is 29.0. The number of nitrogens with one attached hydrogen (secondary N) is 1. The summed E-state index contributed by atoms with van der Waals surface area (Å²) in [5, 5.41) is 3.95. The molecule has 0 aliphatic rings. The lowest BCUT2D eigenvalue weighted by atomic mass is 10.0. The lowest BCUT2D eigenvalue weighted by Crippen LogP contribution is -2.52. The minimum Gasteiger partial charge on any atom is -0.352 e. The Morgan fingerprint density at radius 2 is 1.70 bits per heavy atom. The van der Waals surface area contributed by atoms with E-state index in [1.165, 1.54) is 17.8 Å². The van der Waals surface area contributed by atoms with Crippen LogP contribution in [-0.4, -0.2) is 34.6 Å². The monoisotopic (exact) mass is 560 g/mol. The molecule has 0 bridgehead atoms. The molecule has 4 nitrogen and oxygen atoms in total. The van der Waals surface area contributed by atoms with Crippen molar-refractivity contribution in [1.29, 1.82) is 0 Å². The Bertz CT molecular complexity index is 1200. The van der Waals surface area contributed by atoms with Crippen LogP contribution < -0.4 is 5.32 Å². The maximum Gasteiger partial charge on any atom is 0.243 e. The van der Waals surface area contributed by atoms with Gasteiger partial charge >= 0.3 is 0 Å². The molecule has 3 rings (SSSR count). The number of amides is 2. The number of carbonyl (C=O) groups is 2. The van der Waals surface area contributed by atoms with Gasteiger partial charge in [-0.25, -0.2) is 4.39 Å². The number of hydrogen-bond donors (Lipinski definition) is 1. The highest BCUT2D eigenvalue weighted by Crippen LogP contribution is 2.25. The van der Waals surface area contributed by atoms with Crippen molar-refractivity contribution >= 4 is 46.8 Å². The predicted octanol–water partition coefficient (Wildman–Crippen LogP) is 6.92. The van der Waals surface area contributed by atoms with Gasteiger partial charge < -0.3 is 10.2 Å². The third-order valence-electron chi connectivity index (χ3n) is 6.07. The van der Waals surface area contributed by atoms with Gasteiger partial charge in [-0.3, -0.25) is 9.59 Å². The van der Waals surface area contributed by atoms with Gasteiger partial charge in [0.15, 0.2) is 0 Å². The summed E-state index contributed by atoms with van der Waals surface area (Å²) < 4.78 is 14.1. The normalized spacial score (nSPS) is 12.6. The summed E-state index contributed by atoms with van der Waals surface area (Å²) in [4.78, 5) is 28.7. The van der Waals surface area contributed by atoms with Gasteiger partial charge in [0.25, 0.3) is 0 Å². The summed E-state index contributed by atoms with van der Waals surface area (Å²) in [5.41, 5.74) is 2.15. The second kappa shape index (κ2) is 14.4. The van der Waals surface area contributed by atoms with Crippen molar-refractivity contribution in [3.63, 3.8) is 0 Å². The van der Waals surface area contributed by atoms with Gasteiger partial charge in [0.1, 0.15) is 11.9 Å². The fourth-order valence-corrected chi connectivity index (χ4v) is 5.14. The van der Waals surface area contributed by atoms with E-state index in [4.69, 9.17) is 23.2 Å². The Morgan fingerprint density at radius 1 is 1.00 bits per heavy atom. The average Bonchev–Trinajstić information content (AvgIpc) is 2.88. The lowest BCUT2D eigenvalue weighted by Gasteiger charge is -2.32. The largest absolute Gasteiger partial charge is 0.352 e. The zero-order valence-corrected chi connectivity index (χ0v) is 23.3. The number of thioether (sulfide) groups is 1. The molecule has 37 heavy (non-hydrogen) atoms. The standard InChI is InChI=1S/C29H31Cl2FN2O2S/c1-3-20(2)33-29(36)27(15-21-9-5-4-6-10-21)34(17-22-13-14-24(30)16-25(22)31)28(35)19-37-18-23-11-7-8-12-26(23)32/h4-14,16,20,27H,3,15,17-19H2,1-2H3,(H,33,36)/t20-,27-/m1/s1. The predicted molar refractivity (Wildman–Crippen MR) is 151 cm³/mol. The van der Waals surface area contributed by atoms with Crippen molar-refractivity contribution in [3.8, 4) is 0 Å². The molecule has 0 spiro atoms. The number of benzene rings is 3. The van der Waals surface area contributed by atoms with E-state index in [0.29, 0.717) is 33.3 Å². The van der Waals surface area contributed by atoms with E-state index in [1.54, 1.807) is 41.3 Å². The molecule has 0 aromatic heterocycles. The summed E-state index contributed by atoms with van der Waals surface area (Å²) >= 11 is 13.9. The Kier molecular flexibility index (Phi) is 11.3. The molecular weight excluding hydrogens is 530 g/mol.